The van der Waals surface area contributed by atoms with E-state index in [1.165, 1.54) is 12.1 Å². The van der Waals surface area contributed by atoms with Crippen LogP contribution in [0, 0.1) is 11.7 Å². The predicted molar refractivity (Wildman–Crippen MR) is 120 cm³/mol. The fourth-order valence-corrected chi connectivity index (χ4v) is 5.75. The van der Waals surface area contributed by atoms with Crippen molar-refractivity contribution < 1.29 is 41.4 Å². The molecule has 36 heavy (non-hydrogen) atoms. The van der Waals surface area contributed by atoms with Crippen LogP contribution in [0.5, 0.6) is 0 Å². The molecule has 2 heterocycles. The van der Waals surface area contributed by atoms with Gasteiger partial charge >= 0.3 is 6.36 Å². The summed E-state index contributed by atoms with van der Waals surface area (Å²) in [5.41, 5.74) is 0.727. The minimum absolute atomic E-state index is 0.0463. The van der Waals surface area contributed by atoms with Gasteiger partial charge in [0.15, 0.2) is 6.10 Å². The molecular weight excluding hydrogens is 508 g/mol. The molecule has 2 aliphatic carbocycles. The minimum Gasteiger partial charge on any atom is -0.389 e. The van der Waals surface area contributed by atoms with Crippen LogP contribution < -0.4 is 5.32 Å². The Morgan fingerprint density at radius 1 is 1.25 bits per heavy atom. The predicted octanol–water partition coefficient (Wildman–Crippen LogP) is 4.50. The molecule has 1 amide bonds. The molecule has 7 nitrogen and oxygen atoms in total. The van der Waals surface area contributed by atoms with Gasteiger partial charge in [-0.05, 0) is 43.7 Å². The second-order valence-electron chi connectivity index (χ2n) is 9.93. The number of ether oxygens (including phenoxy) is 3. The van der Waals surface area contributed by atoms with E-state index in [0.29, 0.717) is 43.6 Å². The molecular formula is C24H27ClF4N2O5. The van der Waals surface area contributed by atoms with Crippen molar-refractivity contribution in [3.8, 4) is 0 Å². The second kappa shape index (κ2) is 10.1. The topological polar surface area (TPSA) is 78.4 Å². The number of rotatable bonds is 7. The summed E-state index contributed by atoms with van der Waals surface area (Å²) in [6.45, 7) is 0.329. The fourth-order valence-electron chi connectivity index (χ4n) is 5.63. The van der Waals surface area contributed by atoms with E-state index in [1.807, 2.05) is 0 Å². The van der Waals surface area contributed by atoms with Gasteiger partial charge in [0.1, 0.15) is 18.0 Å². The van der Waals surface area contributed by atoms with Gasteiger partial charge in [0.2, 0.25) is 5.91 Å². The maximum atomic E-state index is 13.9. The van der Waals surface area contributed by atoms with Gasteiger partial charge in [-0.2, -0.15) is 0 Å². The first kappa shape index (κ1) is 25.7. The van der Waals surface area contributed by atoms with Crippen LogP contribution in [0.3, 0.4) is 0 Å². The third-order valence-electron chi connectivity index (χ3n) is 7.59. The Morgan fingerprint density at radius 3 is 2.81 bits per heavy atom. The fraction of sp³-hybridized carbons (Fsp3) is 0.667. The zero-order valence-electron chi connectivity index (χ0n) is 19.4. The van der Waals surface area contributed by atoms with Gasteiger partial charge in [-0.3, -0.25) is 9.53 Å². The first-order valence-electron chi connectivity index (χ1n) is 12.1. The highest BCUT2D eigenvalue weighted by Gasteiger charge is 2.52. The van der Waals surface area contributed by atoms with E-state index < -0.39 is 30.0 Å². The normalized spacial score (nSPS) is 33.9. The van der Waals surface area contributed by atoms with E-state index in [-0.39, 0.29) is 48.4 Å². The molecule has 0 spiro atoms. The highest BCUT2D eigenvalue weighted by atomic mass is 35.5. The van der Waals surface area contributed by atoms with E-state index in [9.17, 15) is 22.4 Å². The van der Waals surface area contributed by atoms with Gasteiger partial charge in [0, 0.05) is 37.5 Å². The van der Waals surface area contributed by atoms with Crippen molar-refractivity contribution in [2.45, 2.75) is 81.3 Å². The maximum absolute atomic E-state index is 13.9. The summed E-state index contributed by atoms with van der Waals surface area (Å²) in [6, 6.07) is 4.49. The third-order valence-corrected chi connectivity index (χ3v) is 7.90. The maximum Gasteiger partial charge on any atom is 0.522 e. The number of nitrogens with one attached hydrogen (secondary N) is 1. The van der Waals surface area contributed by atoms with E-state index in [4.69, 9.17) is 25.9 Å². The summed E-state index contributed by atoms with van der Waals surface area (Å²) in [7, 11) is 0. The molecule has 12 heteroatoms. The SMILES string of the molecule is O=C(COC1CC(OC(F)(F)F)C1)NC1CCC2(C3CC(c4ccc(Cl)c(F)c4)=NO3)CC1CCO2. The van der Waals surface area contributed by atoms with Crippen molar-refractivity contribution in [2.24, 2.45) is 11.1 Å². The monoisotopic (exact) mass is 534 g/mol. The molecule has 4 unspecified atom stereocenters. The van der Waals surface area contributed by atoms with Gasteiger partial charge in [-0.25, -0.2) is 4.39 Å². The molecule has 1 N–H and O–H groups in total. The molecule has 5 rings (SSSR count). The summed E-state index contributed by atoms with van der Waals surface area (Å²) in [5.74, 6) is -0.614. The highest BCUT2D eigenvalue weighted by Crippen LogP contribution is 2.46. The van der Waals surface area contributed by atoms with Crippen LogP contribution in [-0.2, 0) is 23.8 Å². The Hall–Kier alpha value is -1.95. The van der Waals surface area contributed by atoms with Crippen LogP contribution in [0.25, 0.3) is 0 Å². The quantitative estimate of drug-likeness (QED) is 0.521. The summed E-state index contributed by atoms with van der Waals surface area (Å²) in [4.78, 5) is 18.2. The Labute approximate surface area is 210 Å². The van der Waals surface area contributed by atoms with Crippen LogP contribution >= 0.6 is 11.6 Å². The molecule has 1 aromatic rings. The van der Waals surface area contributed by atoms with Gasteiger partial charge in [-0.1, -0.05) is 22.8 Å². The van der Waals surface area contributed by atoms with E-state index in [0.717, 1.165) is 6.42 Å². The van der Waals surface area contributed by atoms with Crippen molar-refractivity contribution in [2.75, 3.05) is 13.2 Å². The smallest absolute Gasteiger partial charge is 0.389 e. The third kappa shape index (κ3) is 5.64. The van der Waals surface area contributed by atoms with Crippen LogP contribution in [0.1, 0.15) is 50.5 Å². The number of alkyl halides is 3. The molecule has 2 aliphatic heterocycles. The van der Waals surface area contributed by atoms with E-state index in [1.54, 1.807) is 6.07 Å². The summed E-state index contributed by atoms with van der Waals surface area (Å²) in [5, 5.41) is 7.26. The number of amides is 1. The minimum atomic E-state index is -4.65. The number of nitrogens with zero attached hydrogens (tertiary/aromatic N) is 1. The Morgan fingerprint density at radius 2 is 2.06 bits per heavy atom. The van der Waals surface area contributed by atoms with Crippen LogP contribution in [0.15, 0.2) is 23.4 Å². The summed E-state index contributed by atoms with van der Waals surface area (Å²) < 4.78 is 66.1. The first-order valence-corrected chi connectivity index (χ1v) is 12.5. The summed E-state index contributed by atoms with van der Waals surface area (Å²) >= 11 is 5.78. The lowest BCUT2D eigenvalue weighted by Crippen LogP contribution is -2.58. The number of fused-ring (bicyclic) bond motifs is 2. The largest absolute Gasteiger partial charge is 0.522 e. The Balaban J connectivity index is 1.09. The molecule has 2 bridgehead atoms. The number of hydrogen-bond acceptors (Lipinski definition) is 6. The number of hydrogen-bond donors (Lipinski definition) is 1. The van der Waals surface area contributed by atoms with Gasteiger partial charge in [0.05, 0.1) is 22.9 Å². The van der Waals surface area contributed by atoms with Crippen LogP contribution in [-0.4, -0.2) is 61.1 Å². The number of oxime groups is 1. The van der Waals surface area contributed by atoms with Crippen molar-refractivity contribution >= 4 is 23.2 Å². The molecule has 0 aromatic heterocycles. The molecule has 0 radical (unpaired) electrons. The lowest BCUT2D eigenvalue weighted by molar-refractivity contribution is -0.357. The van der Waals surface area contributed by atoms with Crippen molar-refractivity contribution in [1.82, 2.24) is 5.32 Å². The van der Waals surface area contributed by atoms with Gasteiger partial charge in [0.25, 0.3) is 0 Å². The number of carbonyl (C=O) groups is 1. The standard InChI is InChI=1S/C24H27ClF4N2O5/c25-17-2-1-13(7-18(17)26)20-10-21(36-31-20)23-5-3-19(14(11-23)4-6-34-23)30-22(32)12-33-15-8-16(9-15)35-24(27,28)29/h1-2,7,14-16,19,21H,3-6,8-12H2,(H,30,32). The lowest BCUT2D eigenvalue weighted by Gasteiger charge is -2.50. The average molecular weight is 535 g/mol. The van der Waals surface area contributed by atoms with Crippen molar-refractivity contribution in [3.05, 3.63) is 34.6 Å². The number of carbonyl (C=O) groups excluding carboxylic acids is 1. The number of benzene rings is 1. The van der Waals surface area contributed by atoms with Gasteiger partial charge < -0.3 is 19.6 Å². The molecule has 1 aromatic carbocycles. The van der Waals surface area contributed by atoms with Crippen LogP contribution in [0.2, 0.25) is 5.02 Å². The molecule has 2 saturated carbocycles. The van der Waals surface area contributed by atoms with E-state index >= 15 is 0 Å². The average Bonchev–Trinajstić information content (AvgIpc) is 3.30. The molecule has 4 aliphatic rings. The van der Waals surface area contributed by atoms with E-state index in [2.05, 4.69) is 15.2 Å². The molecule has 4 atom stereocenters. The lowest BCUT2D eigenvalue weighted by atomic mass is 9.69. The molecule has 198 valence electrons. The van der Waals surface area contributed by atoms with Crippen molar-refractivity contribution in [3.63, 3.8) is 0 Å². The zero-order valence-corrected chi connectivity index (χ0v) is 20.1. The number of halogens is 5. The Kier molecular flexibility index (Phi) is 7.19. The highest BCUT2D eigenvalue weighted by molar-refractivity contribution is 6.30. The Bertz CT molecular complexity index is 1020. The second-order valence-corrected chi connectivity index (χ2v) is 10.3. The molecule has 3 fully saturated rings. The molecule has 1 saturated heterocycles. The zero-order chi connectivity index (χ0) is 25.5. The first-order chi connectivity index (χ1) is 17.1. The summed E-state index contributed by atoms with van der Waals surface area (Å²) in [6.07, 6.45) is -2.73. The van der Waals surface area contributed by atoms with Crippen LogP contribution in [0.4, 0.5) is 17.6 Å². The van der Waals surface area contributed by atoms with Crippen molar-refractivity contribution in [1.29, 1.82) is 0 Å². The van der Waals surface area contributed by atoms with Gasteiger partial charge in [-0.15, -0.1) is 13.2 Å².